The van der Waals surface area contributed by atoms with Gasteiger partial charge in [0.25, 0.3) is 11.6 Å². The number of hydrogen-bond acceptors (Lipinski definition) is 6. The zero-order valence-corrected chi connectivity index (χ0v) is 15.7. The molecule has 150 valence electrons. The number of nitro groups is 1. The number of carbonyl (C=O) groups excluding carboxylic acids is 2. The monoisotopic (exact) mass is 387 g/mol. The number of rotatable bonds is 6. The van der Waals surface area contributed by atoms with Crippen LogP contribution in [0.25, 0.3) is 0 Å². The van der Waals surface area contributed by atoms with E-state index < -0.39 is 10.9 Å². The molecule has 0 unspecified atom stereocenters. The van der Waals surface area contributed by atoms with Crippen LogP contribution in [-0.2, 0) is 9.53 Å². The largest absolute Gasteiger partial charge is 0.452 e. The summed E-state index contributed by atoms with van der Waals surface area (Å²) in [6.07, 6.45) is 7.62. The summed E-state index contributed by atoms with van der Waals surface area (Å²) in [7, 11) is 0. The highest BCUT2D eigenvalue weighted by molar-refractivity contribution is 5.96. The molecule has 4 aliphatic rings. The van der Waals surface area contributed by atoms with Gasteiger partial charge in [0.05, 0.1) is 16.2 Å². The van der Waals surface area contributed by atoms with E-state index >= 15 is 0 Å². The fraction of sp³-hybridized carbons (Fsp3) is 0.600. The number of anilines is 1. The number of esters is 1. The second kappa shape index (κ2) is 7.07. The van der Waals surface area contributed by atoms with Gasteiger partial charge in [-0.15, -0.1) is 0 Å². The van der Waals surface area contributed by atoms with Crippen LogP contribution in [0.3, 0.4) is 0 Å². The van der Waals surface area contributed by atoms with E-state index in [0.29, 0.717) is 6.54 Å². The summed E-state index contributed by atoms with van der Waals surface area (Å²) >= 11 is 0. The lowest BCUT2D eigenvalue weighted by molar-refractivity contribution is -0.384. The lowest BCUT2D eigenvalue weighted by atomic mass is 9.49. The Labute approximate surface area is 163 Å². The molecule has 3 N–H and O–H groups in total. The van der Waals surface area contributed by atoms with Crippen molar-refractivity contribution in [2.45, 2.75) is 38.5 Å². The average Bonchev–Trinajstić information content (AvgIpc) is 2.63. The highest BCUT2D eigenvalue weighted by Crippen LogP contribution is 2.59. The molecular weight excluding hydrogens is 362 g/mol. The maximum atomic E-state index is 12.2. The number of hydrogen-bond donors (Lipinski definition) is 2. The van der Waals surface area contributed by atoms with Gasteiger partial charge in [-0.1, -0.05) is 0 Å². The molecule has 28 heavy (non-hydrogen) atoms. The molecule has 0 heterocycles. The van der Waals surface area contributed by atoms with Crippen LogP contribution in [0.2, 0.25) is 0 Å². The number of amides is 1. The Bertz CT molecular complexity index is 787. The SMILES string of the molecule is Nc1cc([N+](=O)[O-])ccc1C(=O)OCC(=O)NCC12CC3CC(CC(C3)C1)C2. The Morgan fingerprint density at radius 1 is 1.18 bits per heavy atom. The van der Waals surface area contributed by atoms with Crippen molar-refractivity contribution >= 4 is 23.3 Å². The van der Waals surface area contributed by atoms with Crippen LogP contribution in [0.15, 0.2) is 18.2 Å². The molecule has 8 heteroatoms. The highest BCUT2D eigenvalue weighted by atomic mass is 16.6. The Morgan fingerprint density at radius 3 is 2.32 bits per heavy atom. The quantitative estimate of drug-likeness (QED) is 0.335. The van der Waals surface area contributed by atoms with E-state index in [2.05, 4.69) is 5.32 Å². The van der Waals surface area contributed by atoms with Crippen LogP contribution in [0.1, 0.15) is 48.9 Å². The molecule has 4 saturated carbocycles. The van der Waals surface area contributed by atoms with Crippen molar-refractivity contribution in [1.29, 1.82) is 0 Å². The number of benzene rings is 1. The number of nitrogens with two attached hydrogens (primary N) is 1. The van der Waals surface area contributed by atoms with Crippen molar-refractivity contribution in [3.05, 3.63) is 33.9 Å². The molecule has 1 aromatic rings. The van der Waals surface area contributed by atoms with Gasteiger partial charge in [0.2, 0.25) is 0 Å². The number of nitrogens with one attached hydrogen (secondary N) is 1. The zero-order chi connectivity index (χ0) is 19.9. The summed E-state index contributed by atoms with van der Waals surface area (Å²) in [5.41, 5.74) is 5.67. The lowest BCUT2D eigenvalue weighted by Crippen LogP contribution is -2.51. The van der Waals surface area contributed by atoms with Gasteiger partial charge in [0.15, 0.2) is 6.61 Å². The first kappa shape index (κ1) is 18.7. The molecule has 1 amide bonds. The molecule has 0 spiro atoms. The molecule has 0 atom stereocenters. The molecular formula is C20H25N3O5. The molecule has 0 aliphatic heterocycles. The topological polar surface area (TPSA) is 125 Å². The fourth-order valence-corrected chi connectivity index (χ4v) is 5.90. The zero-order valence-electron chi connectivity index (χ0n) is 15.7. The molecule has 4 aliphatic carbocycles. The maximum Gasteiger partial charge on any atom is 0.340 e. The van der Waals surface area contributed by atoms with Gasteiger partial charge in [0, 0.05) is 18.7 Å². The molecule has 4 fully saturated rings. The van der Waals surface area contributed by atoms with Gasteiger partial charge < -0.3 is 15.8 Å². The summed E-state index contributed by atoms with van der Waals surface area (Å²) in [6.45, 7) is 0.258. The standard InChI is InChI=1S/C20H25N3O5/c21-17-6-15(23(26)27)1-2-16(17)19(25)28-10-18(24)22-11-20-7-12-3-13(8-20)5-14(4-12)9-20/h1-2,6,12-14H,3-5,7-11,21H2,(H,22,24). The second-order valence-electron chi connectivity index (χ2n) is 8.80. The van der Waals surface area contributed by atoms with Crippen molar-refractivity contribution in [2.75, 3.05) is 18.9 Å². The van der Waals surface area contributed by atoms with Gasteiger partial charge in [-0.05, 0) is 67.8 Å². The van der Waals surface area contributed by atoms with E-state index in [1.54, 1.807) is 0 Å². The first-order valence-electron chi connectivity index (χ1n) is 9.81. The van der Waals surface area contributed by atoms with Gasteiger partial charge in [0.1, 0.15) is 0 Å². The van der Waals surface area contributed by atoms with Crippen LogP contribution >= 0.6 is 0 Å². The molecule has 1 aromatic carbocycles. The van der Waals surface area contributed by atoms with Gasteiger partial charge in [-0.3, -0.25) is 14.9 Å². The minimum absolute atomic E-state index is 0.0134. The molecule has 5 rings (SSSR count). The highest BCUT2D eigenvalue weighted by Gasteiger charge is 2.50. The summed E-state index contributed by atoms with van der Waals surface area (Å²) in [5.74, 6) is 1.34. The lowest BCUT2D eigenvalue weighted by Gasteiger charge is -2.56. The predicted octanol–water partition coefficient (Wildman–Crippen LogP) is 2.67. The maximum absolute atomic E-state index is 12.2. The molecule has 8 nitrogen and oxygen atoms in total. The smallest absolute Gasteiger partial charge is 0.340 e. The summed E-state index contributed by atoms with van der Waals surface area (Å²) < 4.78 is 5.04. The van der Waals surface area contributed by atoms with E-state index in [-0.39, 0.29) is 34.9 Å². The van der Waals surface area contributed by atoms with Crippen LogP contribution in [0.4, 0.5) is 11.4 Å². The Balaban J connectivity index is 1.28. The normalized spacial score (nSPS) is 30.1. The van der Waals surface area contributed by atoms with E-state index in [1.807, 2.05) is 0 Å². The van der Waals surface area contributed by atoms with Crippen molar-refractivity contribution in [1.82, 2.24) is 5.32 Å². The fourth-order valence-electron chi connectivity index (χ4n) is 5.90. The third kappa shape index (κ3) is 3.68. The number of non-ortho nitro benzene ring substituents is 1. The number of nitrogens with zero attached hydrogens (tertiary/aromatic N) is 1. The van der Waals surface area contributed by atoms with Crippen LogP contribution in [-0.4, -0.2) is 30.0 Å². The van der Waals surface area contributed by atoms with E-state index in [4.69, 9.17) is 10.5 Å². The summed E-state index contributed by atoms with van der Waals surface area (Å²) in [4.78, 5) is 34.5. The molecule has 0 radical (unpaired) electrons. The molecule has 4 bridgehead atoms. The Hall–Kier alpha value is -2.64. The third-order valence-electron chi connectivity index (χ3n) is 6.63. The first-order chi connectivity index (χ1) is 13.3. The third-order valence-corrected chi connectivity index (χ3v) is 6.63. The van der Waals surface area contributed by atoms with Crippen molar-refractivity contribution < 1.29 is 19.2 Å². The Morgan fingerprint density at radius 2 is 1.79 bits per heavy atom. The van der Waals surface area contributed by atoms with Gasteiger partial charge in [-0.25, -0.2) is 4.79 Å². The number of carbonyl (C=O) groups is 2. The van der Waals surface area contributed by atoms with Crippen LogP contribution < -0.4 is 11.1 Å². The number of nitrogen functional groups attached to an aromatic ring is 1. The van der Waals surface area contributed by atoms with Crippen molar-refractivity contribution in [3.8, 4) is 0 Å². The number of nitro benzene ring substituents is 1. The van der Waals surface area contributed by atoms with E-state index in [9.17, 15) is 19.7 Å². The second-order valence-corrected chi connectivity index (χ2v) is 8.80. The van der Waals surface area contributed by atoms with Gasteiger partial charge in [-0.2, -0.15) is 0 Å². The van der Waals surface area contributed by atoms with E-state index in [0.717, 1.165) is 23.8 Å². The Kier molecular flexibility index (Phi) is 4.72. The predicted molar refractivity (Wildman–Crippen MR) is 101 cm³/mol. The van der Waals surface area contributed by atoms with Crippen molar-refractivity contribution in [3.63, 3.8) is 0 Å². The molecule has 0 aromatic heterocycles. The minimum Gasteiger partial charge on any atom is -0.452 e. The minimum atomic E-state index is -0.766. The van der Waals surface area contributed by atoms with E-state index in [1.165, 1.54) is 50.7 Å². The summed E-state index contributed by atoms with van der Waals surface area (Å²) in [5, 5.41) is 13.7. The summed E-state index contributed by atoms with van der Waals surface area (Å²) in [6, 6.07) is 3.52. The van der Waals surface area contributed by atoms with Gasteiger partial charge >= 0.3 is 5.97 Å². The van der Waals surface area contributed by atoms with Crippen molar-refractivity contribution in [2.24, 2.45) is 23.2 Å². The van der Waals surface area contributed by atoms with Crippen LogP contribution in [0, 0.1) is 33.3 Å². The average molecular weight is 387 g/mol. The number of ether oxygens (including phenoxy) is 1. The van der Waals surface area contributed by atoms with Crippen LogP contribution in [0.5, 0.6) is 0 Å². The first-order valence-corrected chi connectivity index (χ1v) is 9.81. The molecule has 0 saturated heterocycles.